The Balaban J connectivity index is 1.39. The van der Waals surface area contributed by atoms with Crippen LogP contribution in [0, 0.1) is 0 Å². The quantitative estimate of drug-likeness (QED) is 0.873. The first-order chi connectivity index (χ1) is 12.6. The molecule has 3 rings (SSSR count). The first-order valence-electron chi connectivity index (χ1n) is 9.69. The molecule has 0 unspecified atom stereocenters. The number of urea groups is 1. The highest BCUT2D eigenvalue weighted by atomic mass is 35.5. The first-order valence-corrected chi connectivity index (χ1v) is 10.1. The molecule has 26 heavy (non-hydrogen) atoms. The number of halogens is 1. The van der Waals surface area contributed by atoms with Gasteiger partial charge in [0.2, 0.25) is 5.91 Å². The monoisotopic (exact) mass is 377 g/mol. The van der Waals surface area contributed by atoms with E-state index in [1.54, 1.807) is 0 Å². The lowest BCUT2D eigenvalue weighted by atomic mass is 9.96. The molecule has 1 saturated carbocycles. The molecule has 0 aromatic heterocycles. The highest BCUT2D eigenvalue weighted by molar-refractivity contribution is 6.30. The number of carbonyl (C=O) groups excluding carboxylic acids is 2. The second kappa shape index (κ2) is 9.26. The third kappa shape index (κ3) is 5.37. The van der Waals surface area contributed by atoms with Crippen molar-refractivity contribution < 1.29 is 9.59 Å². The van der Waals surface area contributed by atoms with Crippen molar-refractivity contribution in [2.24, 2.45) is 0 Å². The van der Waals surface area contributed by atoms with Gasteiger partial charge in [-0.15, -0.1) is 0 Å². The molecule has 6 heteroatoms. The lowest BCUT2D eigenvalue weighted by Crippen LogP contribution is -2.54. The summed E-state index contributed by atoms with van der Waals surface area (Å²) in [6.07, 6.45) is 7.10. The van der Waals surface area contributed by atoms with E-state index in [0.717, 1.165) is 24.8 Å². The van der Waals surface area contributed by atoms with E-state index in [9.17, 15) is 9.59 Å². The fraction of sp³-hybridized carbons (Fsp3) is 0.600. The van der Waals surface area contributed by atoms with Crippen molar-refractivity contribution in [2.75, 3.05) is 26.2 Å². The number of piperazine rings is 1. The maximum atomic E-state index is 12.4. The Morgan fingerprint density at radius 1 is 0.962 bits per heavy atom. The van der Waals surface area contributed by atoms with Gasteiger partial charge in [-0.25, -0.2) is 4.79 Å². The summed E-state index contributed by atoms with van der Waals surface area (Å²) in [4.78, 5) is 28.5. The zero-order valence-corrected chi connectivity index (χ0v) is 16.0. The summed E-state index contributed by atoms with van der Waals surface area (Å²) in [7, 11) is 0. The topological polar surface area (TPSA) is 52.7 Å². The van der Waals surface area contributed by atoms with Crippen LogP contribution in [-0.2, 0) is 11.2 Å². The van der Waals surface area contributed by atoms with E-state index in [1.165, 1.54) is 19.3 Å². The number of nitrogens with zero attached hydrogens (tertiary/aromatic N) is 2. The Morgan fingerprint density at radius 2 is 1.58 bits per heavy atom. The number of nitrogens with one attached hydrogen (secondary N) is 1. The molecule has 1 N–H and O–H groups in total. The molecule has 1 aromatic rings. The van der Waals surface area contributed by atoms with Crippen molar-refractivity contribution in [2.45, 2.75) is 51.0 Å². The van der Waals surface area contributed by atoms with Crippen LogP contribution in [0.1, 0.15) is 44.1 Å². The van der Waals surface area contributed by atoms with Gasteiger partial charge in [0.05, 0.1) is 0 Å². The van der Waals surface area contributed by atoms with Crippen molar-refractivity contribution in [3.63, 3.8) is 0 Å². The zero-order chi connectivity index (χ0) is 18.4. The van der Waals surface area contributed by atoms with Crippen molar-refractivity contribution in [1.82, 2.24) is 15.1 Å². The molecule has 142 valence electrons. The number of aryl methyl sites for hydroxylation is 1. The molecule has 0 atom stereocenters. The van der Waals surface area contributed by atoms with Crippen LogP contribution in [0.25, 0.3) is 0 Å². The lowest BCUT2D eigenvalue weighted by molar-refractivity contribution is -0.132. The van der Waals surface area contributed by atoms with Crippen molar-refractivity contribution in [3.05, 3.63) is 34.9 Å². The van der Waals surface area contributed by atoms with Gasteiger partial charge in [0.25, 0.3) is 0 Å². The second-order valence-electron chi connectivity index (χ2n) is 7.28. The standard InChI is InChI=1S/C20H28ClN3O2/c21-17-9-6-16(7-10-17)8-11-19(25)23-12-14-24(15-13-23)20(26)22-18-4-2-1-3-5-18/h6-7,9-10,18H,1-5,8,11-15H2,(H,22,26). The minimum atomic E-state index is 0.0326. The van der Waals surface area contributed by atoms with Crippen molar-refractivity contribution in [1.29, 1.82) is 0 Å². The van der Waals surface area contributed by atoms with E-state index in [0.29, 0.717) is 43.7 Å². The van der Waals surface area contributed by atoms with Gasteiger partial charge in [-0.1, -0.05) is 43.0 Å². The molecule has 3 amide bonds. The summed E-state index contributed by atoms with van der Waals surface area (Å²) >= 11 is 5.88. The molecule has 2 fully saturated rings. The summed E-state index contributed by atoms with van der Waals surface area (Å²) < 4.78 is 0. The van der Waals surface area contributed by atoms with Crippen LogP contribution in [-0.4, -0.2) is 54.0 Å². The van der Waals surface area contributed by atoms with Crippen molar-refractivity contribution >= 4 is 23.5 Å². The maximum absolute atomic E-state index is 12.4. The molecule has 1 aliphatic heterocycles. The zero-order valence-electron chi connectivity index (χ0n) is 15.3. The normalized spacial score (nSPS) is 18.7. The average Bonchev–Trinajstić information content (AvgIpc) is 2.68. The Morgan fingerprint density at radius 3 is 2.23 bits per heavy atom. The van der Waals surface area contributed by atoms with Crippen LogP contribution in [0.15, 0.2) is 24.3 Å². The van der Waals surface area contributed by atoms with E-state index >= 15 is 0 Å². The van der Waals surface area contributed by atoms with Gasteiger partial charge in [0, 0.05) is 43.7 Å². The average molecular weight is 378 g/mol. The molecule has 1 saturated heterocycles. The van der Waals surface area contributed by atoms with E-state index in [2.05, 4.69) is 5.32 Å². The summed E-state index contributed by atoms with van der Waals surface area (Å²) in [5, 5.41) is 3.87. The van der Waals surface area contributed by atoms with Crippen LogP contribution in [0.4, 0.5) is 4.79 Å². The highest BCUT2D eigenvalue weighted by Gasteiger charge is 2.25. The summed E-state index contributed by atoms with van der Waals surface area (Å²) in [5.74, 6) is 0.160. The third-order valence-corrected chi connectivity index (χ3v) is 5.65. The SMILES string of the molecule is O=C(CCc1ccc(Cl)cc1)N1CCN(C(=O)NC2CCCCC2)CC1. The van der Waals surface area contributed by atoms with Crippen molar-refractivity contribution in [3.8, 4) is 0 Å². The molecule has 1 aromatic carbocycles. The van der Waals surface area contributed by atoms with Gasteiger partial charge < -0.3 is 15.1 Å². The summed E-state index contributed by atoms with van der Waals surface area (Å²) in [6.45, 7) is 2.48. The molecule has 1 heterocycles. The van der Waals surface area contributed by atoms with Gasteiger partial charge in [-0.2, -0.15) is 0 Å². The van der Waals surface area contributed by atoms with Crippen LogP contribution in [0.3, 0.4) is 0 Å². The van der Waals surface area contributed by atoms with Gasteiger partial charge in [-0.3, -0.25) is 4.79 Å². The molecule has 5 nitrogen and oxygen atoms in total. The smallest absolute Gasteiger partial charge is 0.317 e. The first kappa shape index (κ1) is 19.0. The van der Waals surface area contributed by atoms with Gasteiger partial charge >= 0.3 is 6.03 Å². The fourth-order valence-electron chi connectivity index (χ4n) is 3.73. The molecule has 2 aliphatic rings. The predicted octanol–water partition coefficient (Wildman–Crippen LogP) is 3.46. The fourth-order valence-corrected chi connectivity index (χ4v) is 3.86. The number of hydrogen-bond donors (Lipinski definition) is 1. The molecule has 0 radical (unpaired) electrons. The Bertz CT molecular complexity index is 606. The molecule has 1 aliphatic carbocycles. The minimum absolute atomic E-state index is 0.0326. The number of amides is 3. The Hall–Kier alpha value is -1.75. The van der Waals surface area contributed by atoms with Crippen LogP contribution >= 0.6 is 11.6 Å². The lowest BCUT2D eigenvalue weighted by Gasteiger charge is -2.36. The maximum Gasteiger partial charge on any atom is 0.317 e. The Kier molecular flexibility index (Phi) is 6.78. The van der Waals surface area contributed by atoms with Gasteiger partial charge in [0.1, 0.15) is 0 Å². The van der Waals surface area contributed by atoms with Crippen LogP contribution < -0.4 is 5.32 Å². The number of benzene rings is 1. The number of rotatable bonds is 4. The van der Waals surface area contributed by atoms with E-state index in [1.807, 2.05) is 34.1 Å². The van der Waals surface area contributed by atoms with E-state index in [-0.39, 0.29) is 11.9 Å². The van der Waals surface area contributed by atoms with E-state index in [4.69, 9.17) is 11.6 Å². The van der Waals surface area contributed by atoms with Crippen LogP contribution in [0.5, 0.6) is 0 Å². The number of carbonyl (C=O) groups is 2. The molecular formula is C20H28ClN3O2. The summed E-state index contributed by atoms with van der Waals surface area (Å²) in [5.41, 5.74) is 1.12. The van der Waals surface area contributed by atoms with E-state index < -0.39 is 0 Å². The Labute approximate surface area is 160 Å². The van der Waals surface area contributed by atoms with Gasteiger partial charge in [-0.05, 0) is 37.0 Å². The molecule has 0 bridgehead atoms. The number of hydrogen-bond acceptors (Lipinski definition) is 2. The minimum Gasteiger partial charge on any atom is -0.339 e. The predicted molar refractivity (Wildman–Crippen MR) is 103 cm³/mol. The summed E-state index contributed by atoms with van der Waals surface area (Å²) in [6, 6.07) is 7.99. The third-order valence-electron chi connectivity index (χ3n) is 5.39. The largest absolute Gasteiger partial charge is 0.339 e. The van der Waals surface area contributed by atoms with Crippen LogP contribution in [0.2, 0.25) is 5.02 Å². The second-order valence-corrected chi connectivity index (χ2v) is 7.72. The highest BCUT2D eigenvalue weighted by Crippen LogP contribution is 2.18. The molecular weight excluding hydrogens is 350 g/mol. The van der Waals surface area contributed by atoms with Gasteiger partial charge in [0.15, 0.2) is 0 Å². The molecule has 0 spiro atoms.